The predicted molar refractivity (Wildman–Crippen MR) is 126 cm³/mol. The van der Waals surface area contributed by atoms with Gasteiger partial charge in [-0.25, -0.2) is 14.2 Å². The number of carboxylic acid groups (broad SMARTS) is 1. The van der Waals surface area contributed by atoms with Gasteiger partial charge in [0.25, 0.3) is 5.56 Å². The number of pyridine rings is 1. The summed E-state index contributed by atoms with van der Waals surface area (Å²) in [4.78, 5) is 29.2. The molecule has 9 heteroatoms. The standard InChI is InChI=1S/C25H23FN4O4/c1-15-12-29(14-27-15)22-9-8-20(11-23(22)34-3)28-21-10-18(25(32)33)13-30(24(21)31)16(2)17-4-6-19(26)7-5-17/h4-14,16,28H,1-3H3,(H,32,33)/t16-/m0/s1. The summed E-state index contributed by atoms with van der Waals surface area (Å²) in [5.74, 6) is -1.03. The zero-order valence-electron chi connectivity index (χ0n) is 18.8. The van der Waals surface area contributed by atoms with Crippen LogP contribution in [0.25, 0.3) is 5.69 Å². The SMILES string of the molecule is COc1cc(Nc2cc(C(=O)O)cn([C@@H](C)c3ccc(F)cc3)c2=O)ccc1-n1cnc(C)c1. The largest absolute Gasteiger partial charge is 0.494 e. The zero-order valence-corrected chi connectivity index (χ0v) is 18.8. The first-order valence-electron chi connectivity index (χ1n) is 10.5. The number of methoxy groups -OCH3 is 1. The molecule has 174 valence electrons. The van der Waals surface area contributed by atoms with Gasteiger partial charge in [0.1, 0.15) is 17.3 Å². The zero-order chi connectivity index (χ0) is 24.4. The number of halogens is 1. The minimum absolute atomic E-state index is 0.0615. The number of hydrogen-bond acceptors (Lipinski definition) is 5. The normalized spacial score (nSPS) is 11.8. The van der Waals surface area contributed by atoms with Crippen molar-refractivity contribution in [2.75, 3.05) is 12.4 Å². The van der Waals surface area contributed by atoms with Crippen molar-refractivity contribution in [3.63, 3.8) is 0 Å². The second kappa shape index (κ2) is 9.22. The monoisotopic (exact) mass is 462 g/mol. The summed E-state index contributed by atoms with van der Waals surface area (Å²) in [6.07, 6.45) is 4.82. The number of benzene rings is 2. The van der Waals surface area contributed by atoms with Crippen LogP contribution in [0.4, 0.5) is 15.8 Å². The van der Waals surface area contributed by atoms with E-state index in [1.54, 1.807) is 37.5 Å². The maximum atomic E-state index is 13.3. The van der Waals surface area contributed by atoms with Gasteiger partial charge in [-0.05, 0) is 49.7 Å². The Morgan fingerprint density at radius 2 is 1.88 bits per heavy atom. The molecule has 2 aromatic carbocycles. The Morgan fingerprint density at radius 3 is 2.50 bits per heavy atom. The minimum Gasteiger partial charge on any atom is -0.494 e. The molecule has 2 aromatic heterocycles. The Hall–Kier alpha value is -4.40. The highest BCUT2D eigenvalue weighted by Gasteiger charge is 2.17. The highest BCUT2D eigenvalue weighted by molar-refractivity contribution is 5.88. The third-order valence-electron chi connectivity index (χ3n) is 5.51. The van der Waals surface area contributed by atoms with Crippen molar-refractivity contribution >= 4 is 17.3 Å². The van der Waals surface area contributed by atoms with Crippen LogP contribution in [-0.4, -0.2) is 32.3 Å². The molecule has 34 heavy (non-hydrogen) atoms. The van der Waals surface area contributed by atoms with Crippen LogP contribution in [0.2, 0.25) is 0 Å². The number of aromatic carboxylic acids is 1. The first-order valence-corrected chi connectivity index (χ1v) is 10.5. The number of aromatic nitrogens is 3. The molecule has 0 aliphatic heterocycles. The van der Waals surface area contributed by atoms with Gasteiger partial charge in [0.2, 0.25) is 0 Å². The molecule has 0 saturated heterocycles. The van der Waals surface area contributed by atoms with Crippen LogP contribution in [0.3, 0.4) is 0 Å². The summed E-state index contributed by atoms with van der Waals surface area (Å²) in [5.41, 5.74) is 2.42. The van der Waals surface area contributed by atoms with E-state index in [1.165, 1.54) is 36.1 Å². The third-order valence-corrected chi connectivity index (χ3v) is 5.51. The summed E-state index contributed by atoms with van der Waals surface area (Å²) in [5, 5.41) is 12.6. The van der Waals surface area contributed by atoms with Gasteiger partial charge in [-0.2, -0.15) is 0 Å². The van der Waals surface area contributed by atoms with Gasteiger partial charge in [-0.3, -0.25) is 4.79 Å². The maximum Gasteiger partial charge on any atom is 0.337 e. The van der Waals surface area contributed by atoms with Gasteiger partial charge in [-0.15, -0.1) is 0 Å². The lowest BCUT2D eigenvalue weighted by atomic mass is 10.1. The number of hydrogen-bond donors (Lipinski definition) is 2. The molecular weight excluding hydrogens is 439 g/mol. The number of aryl methyl sites for hydroxylation is 1. The van der Waals surface area contributed by atoms with Gasteiger partial charge in [-0.1, -0.05) is 12.1 Å². The van der Waals surface area contributed by atoms with Crippen molar-refractivity contribution in [2.24, 2.45) is 0 Å². The van der Waals surface area contributed by atoms with Crippen molar-refractivity contribution in [1.29, 1.82) is 0 Å². The molecule has 0 aliphatic rings. The quantitative estimate of drug-likeness (QED) is 0.418. The molecule has 0 radical (unpaired) electrons. The van der Waals surface area contributed by atoms with Crippen LogP contribution in [-0.2, 0) is 0 Å². The average molecular weight is 462 g/mol. The molecule has 0 fully saturated rings. The summed E-state index contributed by atoms with van der Waals surface area (Å²) < 4.78 is 22.0. The van der Waals surface area contributed by atoms with Crippen molar-refractivity contribution in [3.05, 3.63) is 100 Å². The molecule has 0 aliphatic carbocycles. The van der Waals surface area contributed by atoms with Gasteiger partial charge in [0, 0.05) is 24.1 Å². The maximum absolute atomic E-state index is 13.3. The number of nitrogens with zero attached hydrogens (tertiary/aromatic N) is 3. The topological polar surface area (TPSA) is 98.4 Å². The highest BCUT2D eigenvalue weighted by atomic mass is 19.1. The van der Waals surface area contributed by atoms with Crippen LogP contribution in [0.1, 0.15) is 34.6 Å². The average Bonchev–Trinajstić information content (AvgIpc) is 3.26. The Morgan fingerprint density at radius 1 is 1.15 bits per heavy atom. The van der Waals surface area contributed by atoms with Crippen LogP contribution in [0.5, 0.6) is 5.75 Å². The molecule has 1 atom stereocenters. The smallest absolute Gasteiger partial charge is 0.337 e. The Labute approximate surface area is 194 Å². The van der Waals surface area contributed by atoms with Crippen LogP contribution in [0.15, 0.2) is 72.0 Å². The van der Waals surface area contributed by atoms with Gasteiger partial charge < -0.3 is 24.3 Å². The number of ether oxygens (including phenoxy) is 1. The summed E-state index contributed by atoms with van der Waals surface area (Å²) >= 11 is 0. The molecule has 0 spiro atoms. The Kier molecular flexibility index (Phi) is 6.18. The first-order chi connectivity index (χ1) is 16.3. The highest BCUT2D eigenvalue weighted by Crippen LogP contribution is 2.28. The first kappa shape index (κ1) is 22.8. The lowest BCUT2D eigenvalue weighted by Crippen LogP contribution is -2.27. The molecule has 0 bridgehead atoms. The lowest BCUT2D eigenvalue weighted by molar-refractivity contribution is 0.0695. The number of imidazole rings is 1. The van der Waals surface area contributed by atoms with Crippen molar-refractivity contribution in [2.45, 2.75) is 19.9 Å². The second-order valence-corrected chi connectivity index (χ2v) is 7.82. The van der Waals surface area contributed by atoms with Crippen molar-refractivity contribution < 1.29 is 19.0 Å². The Bertz CT molecular complexity index is 1410. The molecule has 2 heterocycles. The van der Waals surface area contributed by atoms with Crippen molar-refractivity contribution in [1.82, 2.24) is 14.1 Å². The van der Waals surface area contributed by atoms with Crippen LogP contribution >= 0.6 is 0 Å². The molecule has 0 amide bonds. The third kappa shape index (κ3) is 4.54. The number of carbonyl (C=O) groups is 1. The molecule has 0 unspecified atom stereocenters. The van der Waals surface area contributed by atoms with Gasteiger partial charge in [0.05, 0.1) is 36.4 Å². The van der Waals surface area contributed by atoms with E-state index in [0.717, 1.165) is 11.4 Å². The van der Waals surface area contributed by atoms with E-state index in [2.05, 4.69) is 10.3 Å². The number of anilines is 2. The molecule has 4 rings (SSSR count). The van der Waals surface area contributed by atoms with Gasteiger partial charge in [0.15, 0.2) is 0 Å². The molecule has 4 aromatic rings. The molecule has 0 saturated carbocycles. The van der Waals surface area contributed by atoms with E-state index in [9.17, 15) is 19.1 Å². The summed E-state index contributed by atoms with van der Waals surface area (Å²) in [6.45, 7) is 3.63. The van der Waals surface area contributed by atoms with E-state index in [0.29, 0.717) is 17.0 Å². The van der Waals surface area contributed by atoms with E-state index in [-0.39, 0.29) is 11.3 Å². The van der Waals surface area contributed by atoms with Crippen LogP contribution in [0, 0.1) is 12.7 Å². The fraction of sp³-hybridized carbons (Fsp3) is 0.160. The van der Waals surface area contributed by atoms with Crippen LogP contribution < -0.4 is 15.6 Å². The van der Waals surface area contributed by atoms with Gasteiger partial charge >= 0.3 is 5.97 Å². The predicted octanol–water partition coefficient (Wildman–Crippen LogP) is 4.54. The second-order valence-electron chi connectivity index (χ2n) is 7.82. The number of carboxylic acids is 1. The summed E-state index contributed by atoms with van der Waals surface area (Å²) in [7, 11) is 1.54. The van der Waals surface area contributed by atoms with E-state index in [1.807, 2.05) is 23.8 Å². The van der Waals surface area contributed by atoms with E-state index >= 15 is 0 Å². The number of rotatable bonds is 7. The molecular formula is C25H23FN4O4. The van der Waals surface area contributed by atoms with Crippen molar-refractivity contribution in [3.8, 4) is 11.4 Å². The minimum atomic E-state index is -1.17. The fourth-order valence-corrected chi connectivity index (χ4v) is 3.68. The van der Waals surface area contributed by atoms with E-state index in [4.69, 9.17) is 4.74 Å². The fourth-order valence-electron chi connectivity index (χ4n) is 3.68. The molecule has 2 N–H and O–H groups in total. The number of nitrogens with one attached hydrogen (secondary N) is 1. The lowest BCUT2D eigenvalue weighted by Gasteiger charge is -2.19. The van der Waals surface area contributed by atoms with E-state index < -0.39 is 23.4 Å². The Balaban J connectivity index is 1.73. The molecule has 8 nitrogen and oxygen atoms in total. The summed E-state index contributed by atoms with van der Waals surface area (Å²) in [6, 6.07) is 11.8.